The summed E-state index contributed by atoms with van der Waals surface area (Å²) in [5, 5.41) is 1.15. The number of thiophene rings is 1. The van der Waals surface area contributed by atoms with Crippen LogP contribution >= 0.6 is 11.3 Å². The maximum absolute atomic E-state index is 12.8. The summed E-state index contributed by atoms with van der Waals surface area (Å²) >= 11 is 1.58. The first-order valence-electron chi connectivity index (χ1n) is 8.41. The van der Waals surface area contributed by atoms with Gasteiger partial charge in [-0.05, 0) is 41.8 Å². The van der Waals surface area contributed by atoms with Crippen molar-refractivity contribution < 1.29 is 9.53 Å². The first-order valence-corrected chi connectivity index (χ1v) is 9.23. The van der Waals surface area contributed by atoms with E-state index in [4.69, 9.17) is 4.74 Å². The molecule has 1 aliphatic rings. The summed E-state index contributed by atoms with van der Waals surface area (Å²) in [7, 11) is 1.67. The van der Waals surface area contributed by atoms with E-state index in [1.54, 1.807) is 18.4 Å². The zero-order valence-corrected chi connectivity index (χ0v) is 15.0. The van der Waals surface area contributed by atoms with Gasteiger partial charge in [0.15, 0.2) is 0 Å². The Morgan fingerprint density at radius 2 is 1.72 bits per heavy atom. The summed E-state index contributed by atoms with van der Waals surface area (Å²) in [6, 6.07) is 18.3. The number of anilines is 1. The molecule has 4 rings (SSSR count). The molecule has 0 atom stereocenters. The molecule has 0 unspecified atom stereocenters. The highest BCUT2D eigenvalue weighted by Crippen LogP contribution is 2.27. The van der Waals surface area contributed by atoms with Gasteiger partial charge < -0.3 is 14.5 Å². The van der Waals surface area contributed by atoms with E-state index in [1.165, 1.54) is 10.4 Å². The molecular formula is C20H20N2O2S. The van der Waals surface area contributed by atoms with E-state index in [1.807, 2.05) is 35.2 Å². The van der Waals surface area contributed by atoms with E-state index in [0.29, 0.717) is 0 Å². The second-order valence-corrected chi connectivity index (χ2v) is 7.21. The van der Waals surface area contributed by atoms with Crippen LogP contribution in [0.25, 0.3) is 10.1 Å². The molecule has 1 saturated heterocycles. The maximum Gasteiger partial charge on any atom is 0.264 e. The topological polar surface area (TPSA) is 32.8 Å². The number of benzene rings is 2. The monoisotopic (exact) mass is 352 g/mol. The van der Waals surface area contributed by atoms with Crippen molar-refractivity contribution in [3.63, 3.8) is 0 Å². The molecule has 3 aromatic rings. The summed E-state index contributed by atoms with van der Waals surface area (Å²) in [6.45, 7) is 3.20. The summed E-state index contributed by atoms with van der Waals surface area (Å²) in [5.41, 5.74) is 1.18. The number of fused-ring (bicyclic) bond motifs is 1. The molecule has 0 radical (unpaired) electrons. The molecule has 2 aromatic carbocycles. The number of carbonyl (C=O) groups is 1. The highest BCUT2D eigenvalue weighted by Gasteiger charge is 2.23. The lowest BCUT2D eigenvalue weighted by molar-refractivity contribution is 0.0752. The highest BCUT2D eigenvalue weighted by atomic mass is 32.1. The van der Waals surface area contributed by atoms with E-state index in [2.05, 4.69) is 29.2 Å². The van der Waals surface area contributed by atoms with E-state index >= 15 is 0 Å². The van der Waals surface area contributed by atoms with E-state index in [0.717, 1.165) is 42.2 Å². The van der Waals surface area contributed by atoms with Crippen LogP contribution < -0.4 is 9.64 Å². The average molecular weight is 352 g/mol. The SMILES string of the molecule is COc1ccc(N2CCN(C(=O)c3cc4ccccc4s3)CC2)cc1. The normalized spacial score (nSPS) is 14.8. The number of amides is 1. The van der Waals surface area contributed by atoms with Crippen molar-refractivity contribution in [1.82, 2.24) is 4.90 Å². The summed E-state index contributed by atoms with van der Waals surface area (Å²) in [4.78, 5) is 17.9. The minimum atomic E-state index is 0.149. The van der Waals surface area contributed by atoms with E-state index < -0.39 is 0 Å². The molecule has 0 N–H and O–H groups in total. The molecule has 1 aromatic heterocycles. The third-order valence-electron chi connectivity index (χ3n) is 4.64. The van der Waals surface area contributed by atoms with Gasteiger partial charge in [-0.2, -0.15) is 0 Å². The van der Waals surface area contributed by atoms with Crippen LogP contribution in [0.15, 0.2) is 54.6 Å². The molecule has 128 valence electrons. The van der Waals surface area contributed by atoms with Gasteiger partial charge in [0.2, 0.25) is 0 Å². The quantitative estimate of drug-likeness (QED) is 0.717. The van der Waals surface area contributed by atoms with Crippen molar-refractivity contribution in [2.24, 2.45) is 0 Å². The fourth-order valence-electron chi connectivity index (χ4n) is 3.20. The standard InChI is InChI=1S/C20H20N2O2S/c1-24-17-8-6-16(7-9-17)21-10-12-22(13-11-21)20(23)19-14-15-4-2-3-5-18(15)25-19/h2-9,14H,10-13H2,1H3. The molecule has 0 bridgehead atoms. The average Bonchev–Trinajstić information content (AvgIpc) is 3.12. The van der Waals surface area contributed by atoms with Gasteiger partial charge in [0.05, 0.1) is 12.0 Å². The van der Waals surface area contributed by atoms with Crippen LogP contribution in [-0.2, 0) is 0 Å². The molecule has 25 heavy (non-hydrogen) atoms. The van der Waals surface area contributed by atoms with Gasteiger partial charge in [0.1, 0.15) is 5.75 Å². The lowest BCUT2D eigenvalue weighted by Crippen LogP contribution is -2.48. The zero-order chi connectivity index (χ0) is 17.2. The summed E-state index contributed by atoms with van der Waals surface area (Å²) < 4.78 is 6.38. The minimum absolute atomic E-state index is 0.149. The zero-order valence-electron chi connectivity index (χ0n) is 14.1. The Labute approximate surface area is 151 Å². The van der Waals surface area contributed by atoms with Gasteiger partial charge in [-0.3, -0.25) is 4.79 Å². The van der Waals surface area contributed by atoms with Crippen LogP contribution in [0.1, 0.15) is 9.67 Å². The number of nitrogens with zero attached hydrogens (tertiary/aromatic N) is 2. The van der Waals surface area contributed by atoms with Crippen LogP contribution in [0.5, 0.6) is 5.75 Å². The van der Waals surface area contributed by atoms with E-state index in [9.17, 15) is 4.79 Å². The molecule has 0 saturated carbocycles. The summed E-state index contributed by atoms with van der Waals surface area (Å²) in [5.74, 6) is 1.01. The van der Waals surface area contributed by atoms with Crippen LogP contribution in [0.3, 0.4) is 0 Å². The molecule has 1 amide bonds. The molecule has 1 fully saturated rings. The Bertz CT molecular complexity index is 847. The van der Waals surface area contributed by atoms with Crippen LogP contribution in [0, 0.1) is 0 Å². The first kappa shape index (κ1) is 16.0. The summed E-state index contributed by atoms with van der Waals surface area (Å²) in [6.07, 6.45) is 0. The molecule has 5 heteroatoms. The van der Waals surface area contributed by atoms with Crippen molar-refractivity contribution in [3.8, 4) is 5.75 Å². The fourth-order valence-corrected chi connectivity index (χ4v) is 4.23. The maximum atomic E-state index is 12.8. The van der Waals surface area contributed by atoms with Crippen LogP contribution in [0.4, 0.5) is 5.69 Å². The Hall–Kier alpha value is -2.53. The Kier molecular flexibility index (Phi) is 4.32. The van der Waals surface area contributed by atoms with Gasteiger partial charge in [-0.15, -0.1) is 11.3 Å². The number of rotatable bonds is 3. The Morgan fingerprint density at radius 3 is 2.40 bits per heavy atom. The second-order valence-electron chi connectivity index (χ2n) is 6.13. The predicted molar refractivity (Wildman–Crippen MR) is 103 cm³/mol. The third kappa shape index (κ3) is 3.20. The van der Waals surface area contributed by atoms with E-state index in [-0.39, 0.29) is 5.91 Å². The van der Waals surface area contributed by atoms with Gasteiger partial charge in [-0.1, -0.05) is 18.2 Å². The smallest absolute Gasteiger partial charge is 0.264 e. The second kappa shape index (κ2) is 6.76. The van der Waals surface area contributed by atoms with Crippen molar-refractivity contribution in [2.45, 2.75) is 0 Å². The number of hydrogen-bond acceptors (Lipinski definition) is 4. The third-order valence-corrected chi connectivity index (χ3v) is 5.74. The van der Waals surface area contributed by atoms with Crippen molar-refractivity contribution in [2.75, 3.05) is 38.2 Å². The molecule has 0 aliphatic carbocycles. The Balaban J connectivity index is 1.43. The van der Waals surface area contributed by atoms with Gasteiger partial charge in [0.25, 0.3) is 5.91 Å². The largest absolute Gasteiger partial charge is 0.497 e. The van der Waals surface area contributed by atoms with Gasteiger partial charge in [-0.25, -0.2) is 0 Å². The molecule has 1 aliphatic heterocycles. The molecule has 2 heterocycles. The number of methoxy groups -OCH3 is 1. The van der Waals surface area contributed by atoms with Crippen LogP contribution in [0.2, 0.25) is 0 Å². The molecule has 0 spiro atoms. The number of carbonyl (C=O) groups excluding carboxylic acids is 1. The lowest BCUT2D eigenvalue weighted by atomic mass is 10.2. The van der Waals surface area contributed by atoms with Crippen molar-refractivity contribution >= 4 is 33.0 Å². The number of ether oxygens (including phenoxy) is 1. The molecule has 4 nitrogen and oxygen atoms in total. The minimum Gasteiger partial charge on any atom is -0.497 e. The van der Waals surface area contributed by atoms with Gasteiger partial charge >= 0.3 is 0 Å². The fraction of sp³-hybridized carbons (Fsp3) is 0.250. The van der Waals surface area contributed by atoms with Crippen molar-refractivity contribution in [1.29, 1.82) is 0 Å². The molecular weight excluding hydrogens is 332 g/mol. The van der Waals surface area contributed by atoms with Gasteiger partial charge in [0, 0.05) is 36.6 Å². The first-order chi connectivity index (χ1) is 12.2. The number of piperazine rings is 1. The Morgan fingerprint density at radius 1 is 1.00 bits per heavy atom. The predicted octanol–water partition coefficient (Wildman–Crippen LogP) is 3.87. The number of hydrogen-bond donors (Lipinski definition) is 0. The lowest BCUT2D eigenvalue weighted by Gasteiger charge is -2.36. The highest BCUT2D eigenvalue weighted by molar-refractivity contribution is 7.20. The van der Waals surface area contributed by atoms with Crippen LogP contribution in [-0.4, -0.2) is 44.1 Å². The van der Waals surface area contributed by atoms with Crippen molar-refractivity contribution in [3.05, 3.63) is 59.5 Å².